The summed E-state index contributed by atoms with van der Waals surface area (Å²) < 4.78 is 24.2. The summed E-state index contributed by atoms with van der Waals surface area (Å²) in [5.41, 5.74) is 0.777. The fraction of sp³-hybridized carbons (Fsp3) is 0.176. The Morgan fingerprint density at radius 1 is 1.21 bits per heavy atom. The highest BCUT2D eigenvalue weighted by atomic mass is 79.9. The van der Waals surface area contributed by atoms with Gasteiger partial charge in [0.1, 0.15) is 12.4 Å². The van der Waals surface area contributed by atoms with Gasteiger partial charge in [-0.3, -0.25) is 4.90 Å². The molecule has 0 aromatic heterocycles. The first-order chi connectivity index (χ1) is 11.4. The van der Waals surface area contributed by atoms with Gasteiger partial charge in [-0.1, -0.05) is 34.1 Å². The Morgan fingerprint density at radius 3 is 2.58 bits per heavy atom. The van der Waals surface area contributed by atoms with Crippen molar-refractivity contribution in [3.05, 3.63) is 63.9 Å². The summed E-state index contributed by atoms with van der Waals surface area (Å²) in [6.07, 6.45) is -0.616. The van der Waals surface area contributed by atoms with E-state index in [-0.39, 0.29) is 17.7 Å². The third kappa shape index (κ3) is 4.11. The molecule has 0 unspecified atom stereocenters. The van der Waals surface area contributed by atoms with Gasteiger partial charge >= 0.3 is 12.1 Å². The van der Waals surface area contributed by atoms with E-state index < -0.39 is 17.9 Å². The first kappa shape index (κ1) is 17.9. The molecule has 0 spiro atoms. The van der Waals surface area contributed by atoms with Gasteiger partial charge in [0.15, 0.2) is 0 Å². The van der Waals surface area contributed by atoms with Crippen molar-refractivity contribution in [3.8, 4) is 0 Å². The molecule has 1 amide bonds. The number of esters is 1. The number of hydrogen-bond donors (Lipinski definition) is 0. The lowest BCUT2D eigenvalue weighted by Gasteiger charge is -2.18. The quantitative estimate of drug-likeness (QED) is 0.729. The molecule has 0 saturated heterocycles. The summed E-state index contributed by atoms with van der Waals surface area (Å²) in [5.74, 6) is -1.14. The largest absolute Gasteiger partial charge is 0.457 e. The van der Waals surface area contributed by atoms with Gasteiger partial charge in [-0.05, 0) is 24.3 Å². The van der Waals surface area contributed by atoms with Crippen molar-refractivity contribution in [1.82, 2.24) is 0 Å². The Bertz CT molecular complexity index is 766. The summed E-state index contributed by atoms with van der Waals surface area (Å²) in [6.45, 7) is -0.214. The number of para-hydroxylation sites is 1. The normalized spacial score (nSPS) is 10.2. The molecule has 0 radical (unpaired) electrons. The summed E-state index contributed by atoms with van der Waals surface area (Å²) in [4.78, 5) is 25.1. The number of anilines is 1. The molecule has 7 heteroatoms. The second kappa shape index (κ2) is 7.92. The summed E-state index contributed by atoms with van der Waals surface area (Å²) in [5, 5.41) is 0. The predicted octanol–water partition coefficient (Wildman–Crippen LogP) is 4.15. The standard InChI is InChI=1S/C17H15BrFNO4/c1-20(17(22)23-2)15-6-4-3-5-13(15)16(21)24-10-11-7-8-12(18)9-14(11)19/h3-9H,10H2,1-2H3. The maximum Gasteiger partial charge on any atom is 0.413 e. The molecule has 0 fully saturated rings. The monoisotopic (exact) mass is 395 g/mol. The van der Waals surface area contributed by atoms with Crippen LogP contribution in [-0.4, -0.2) is 26.2 Å². The SMILES string of the molecule is COC(=O)N(C)c1ccccc1C(=O)OCc1ccc(Br)cc1F. The first-order valence-electron chi connectivity index (χ1n) is 6.95. The molecule has 2 aromatic rings. The number of rotatable bonds is 4. The molecule has 126 valence electrons. The van der Waals surface area contributed by atoms with Crippen molar-refractivity contribution in [2.45, 2.75) is 6.61 Å². The van der Waals surface area contributed by atoms with Crippen LogP contribution in [0.4, 0.5) is 14.9 Å². The zero-order chi connectivity index (χ0) is 17.7. The zero-order valence-electron chi connectivity index (χ0n) is 13.1. The molecule has 0 heterocycles. The Hall–Kier alpha value is -2.41. The van der Waals surface area contributed by atoms with E-state index in [2.05, 4.69) is 20.7 Å². The Labute approximate surface area is 147 Å². The third-order valence-electron chi connectivity index (χ3n) is 3.31. The topological polar surface area (TPSA) is 55.8 Å². The lowest BCUT2D eigenvalue weighted by atomic mass is 10.1. The number of nitrogens with zero attached hydrogens (tertiary/aromatic N) is 1. The van der Waals surface area contributed by atoms with Crippen LogP contribution in [0.1, 0.15) is 15.9 Å². The van der Waals surface area contributed by atoms with E-state index in [0.29, 0.717) is 10.2 Å². The molecule has 0 aliphatic rings. The third-order valence-corrected chi connectivity index (χ3v) is 3.80. The van der Waals surface area contributed by atoms with Crippen molar-refractivity contribution in [3.63, 3.8) is 0 Å². The second-order valence-electron chi connectivity index (χ2n) is 4.86. The number of benzene rings is 2. The minimum Gasteiger partial charge on any atom is -0.457 e. The highest BCUT2D eigenvalue weighted by molar-refractivity contribution is 9.10. The average molecular weight is 396 g/mol. The number of halogens is 2. The highest BCUT2D eigenvalue weighted by Gasteiger charge is 2.20. The van der Waals surface area contributed by atoms with E-state index in [1.165, 1.54) is 37.3 Å². The number of carbonyl (C=O) groups excluding carboxylic acids is 2. The minimum absolute atomic E-state index is 0.183. The molecule has 5 nitrogen and oxygen atoms in total. The molecule has 0 aliphatic heterocycles. The van der Waals surface area contributed by atoms with Gasteiger partial charge in [-0.2, -0.15) is 0 Å². The van der Waals surface area contributed by atoms with Crippen LogP contribution in [0.3, 0.4) is 0 Å². The average Bonchev–Trinajstić information content (AvgIpc) is 2.59. The number of methoxy groups -OCH3 is 1. The Morgan fingerprint density at radius 2 is 1.92 bits per heavy atom. The second-order valence-corrected chi connectivity index (χ2v) is 5.77. The van der Waals surface area contributed by atoms with Gasteiger partial charge in [-0.15, -0.1) is 0 Å². The smallest absolute Gasteiger partial charge is 0.413 e. The summed E-state index contributed by atoms with van der Waals surface area (Å²) in [6, 6.07) is 10.9. The molecular weight excluding hydrogens is 381 g/mol. The fourth-order valence-corrected chi connectivity index (χ4v) is 2.37. The van der Waals surface area contributed by atoms with Crippen LogP contribution in [-0.2, 0) is 16.1 Å². The minimum atomic E-state index is -0.663. The van der Waals surface area contributed by atoms with Crippen LogP contribution in [0, 0.1) is 5.82 Å². The van der Waals surface area contributed by atoms with Crippen molar-refractivity contribution in [1.29, 1.82) is 0 Å². The maximum absolute atomic E-state index is 13.8. The number of hydrogen-bond acceptors (Lipinski definition) is 4. The van der Waals surface area contributed by atoms with Gasteiger partial charge in [0, 0.05) is 17.1 Å². The summed E-state index contributed by atoms with van der Waals surface area (Å²) in [7, 11) is 2.72. The molecule has 24 heavy (non-hydrogen) atoms. The highest BCUT2D eigenvalue weighted by Crippen LogP contribution is 2.22. The maximum atomic E-state index is 13.8. The number of ether oxygens (including phenoxy) is 2. The molecule has 2 rings (SSSR count). The van der Waals surface area contributed by atoms with Crippen LogP contribution in [0.5, 0.6) is 0 Å². The van der Waals surface area contributed by atoms with Crippen LogP contribution in [0.25, 0.3) is 0 Å². The van der Waals surface area contributed by atoms with E-state index >= 15 is 0 Å². The van der Waals surface area contributed by atoms with E-state index in [0.717, 1.165) is 0 Å². The van der Waals surface area contributed by atoms with E-state index in [9.17, 15) is 14.0 Å². The molecule has 0 atom stereocenters. The molecule has 0 N–H and O–H groups in total. The molecule has 0 aliphatic carbocycles. The van der Waals surface area contributed by atoms with Gasteiger partial charge in [0.05, 0.1) is 18.4 Å². The van der Waals surface area contributed by atoms with E-state index in [4.69, 9.17) is 4.74 Å². The molecule has 2 aromatic carbocycles. The van der Waals surface area contributed by atoms with Gasteiger partial charge in [0.2, 0.25) is 0 Å². The molecule has 0 bridgehead atoms. The van der Waals surface area contributed by atoms with Crippen molar-refractivity contribution < 1.29 is 23.5 Å². The Balaban J connectivity index is 2.17. The van der Waals surface area contributed by atoms with Crippen molar-refractivity contribution in [2.24, 2.45) is 0 Å². The van der Waals surface area contributed by atoms with Gasteiger partial charge < -0.3 is 9.47 Å². The molecular formula is C17H15BrFNO4. The molecule has 0 saturated carbocycles. The van der Waals surface area contributed by atoms with Crippen LogP contribution in [0.2, 0.25) is 0 Å². The fourth-order valence-electron chi connectivity index (χ4n) is 2.03. The van der Waals surface area contributed by atoms with Gasteiger partial charge in [0.25, 0.3) is 0 Å². The lowest BCUT2D eigenvalue weighted by Crippen LogP contribution is -2.27. The van der Waals surface area contributed by atoms with Crippen LogP contribution in [0.15, 0.2) is 46.9 Å². The van der Waals surface area contributed by atoms with Gasteiger partial charge in [-0.25, -0.2) is 14.0 Å². The first-order valence-corrected chi connectivity index (χ1v) is 7.75. The van der Waals surface area contributed by atoms with Crippen LogP contribution < -0.4 is 4.90 Å². The summed E-state index contributed by atoms with van der Waals surface area (Å²) >= 11 is 3.16. The zero-order valence-corrected chi connectivity index (χ0v) is 14.7. The van der Waals surface area contributed by atoms with E-state index in [1.807, 2.05) is 0 Å². The Kier molecular flexibility index (Phi) is 5.92. The van der Waals surface area contributed by atoms with Crippen molar-refractivity contribution >= 4 is 33.7 Å². The van der Waals surface area contributed by atoms with Crippen molar-refractivity contribution in [2.75, 3.05) is 19.1 Å². The van der Waals surface area contributed by atoms with E-state index in [1.54, 1.807) is 24.3 Å². The predicted molar refractivity (Wildman–Crippen MR) is 90.5 cm³/mol. The lowest BCUT2D eigenvalue weighted by molar-refractivity contribution is 0.0470. The number of carbonyl (C=O) groups is 2. The van der Waals surface area contributed by atoms with Crippen LogP contribution >= 0.6 is 15.9 Å². The number of amides is 1.